The molecule has 0 radical (unpaired) electrons. The van der Waals surface area contributed by atoms with Crippen LogP contribution in [0.5, 0.6) is 17.2 Å². The molecule has 2 N–H and O–H groups in total. The lowest BCUT2D eigenvalue weighted by Gasteiger charge is -2.16. The maximum Gasteiger partial charge on any atom is 0.166 e. The van der Waals surface area contributed by atoms with Crippen molar-refractivity contribution in [2.45, 2.75) is 13.2 Å². The van der Waals surface area contributed by atoms with Crippen LogP contribution >= 0.6 is 23.2 Å². The Bertz CT molecular complexity index is 914. The molecule has 0 aliphatic heterocycles. The predicted octanol–water partition coefficient (Wildman–Crippen LogP) is 5.90. The van der Waals surface area contributed by atoms with Gasteiger partial charge in [0.15, 0.2) is 11.5 Å². The van der Waals surface area contributed by atoms with Gasteiger partial charge < -0.3 is 19.9 Å². The van der Waals surface area contributed by atoms with E-state index in [1.54, 1.807) is 31.4 Å². The summed E-state index contributed by atoms with van der Waals surface area (Å²) in [7, 11) is 1.61. The summed E-state index contributed by atoms with van der Waals surface area (Å²) in [5.74, 6) is 1.55. The molecule has 0 saturated carbocycles. The van der Waals surface area contributed by atoms with Crippen molar-refractivity contribution < 1.29 is 14.6 Å². The highest BCUT2D eigenvalue weighted by Gasteiger charge is 2.11. The molecule has 0 aromatic heterocycles. The van der Waals surface area contributed by atoms with Crippen LogP contribution in [0, 0.1) is 0 Å². The van der Waals surface area contributed by atoms with E-state index in [2.05, 4.69) is 5.32 Å². The number of methoxy groups -OCH3 is 1. The van der Waals surface area contributed by atoms with Crippen LogP contribution in [0.1, 0.15) is 11.1 Å². The molecule has 0 bridgehead atoms. The summed E-state index contributed by atoms with van der Waals surface area (Å²) in [5, 5.41) is 13.7. The number of aromatic hydroxyl groups is 1. The average molecular weight is 404 g/mol. The summed E-state index contributed by atoms with van der Waals surface area (Å²) in [6, 6.07) is 18.0. The van der Waals surface area contributed by atoms with E-state index in [0.717, 1.165) is 16.8 Å². The number of nitrogens with one attached hydrogen (secondary N) is 1. The standard InChI is InChI=1S/C21H19Cl2NO3/c1-26-20-4-2-3-15(12-24-16-6-8-17(25)9-7-16)21(20)27-13-14-5-10-18(22)19(23)11-14/h2-11,24-25H,12-13H2,1H3. The number of hydrogen-bond donors (Lipinski definition) is 2. The van der Waals surface area contributed by atoms with Crippen LogP contribution in [-0.4, -0.2) is 12.2 Å². The lowest BCUT2D eigenvalue weighted by molar-refractivity contribution is 0.281. The van der Waals surface area contributed by atoms with Gasteiger partial charge in [0.1, 0.15) is 12.4 Å². The van der Waals surface area contributed by atoms with Crippen LogP contribution in [0.4, 0.5) is 5.69 Å². The number of rotatable bonds is 7. The zero-order chi connectivity index (χ0) is 19.2. The minimum absolute atomic E-state index is 0.229. The van der Waals surface area contributed by atoms with E-state index in [4.69, 9.17) is 32.7 Å². The first kappa shape index (κ1) is 19.2. The summed E-state index contributed by atoms with van der Waals surface area (Å²) in [4.78, 5) is 0. The van der Waals surface area contributed by atoms with Crippen molar-refractivity contribution in [3.8, 4) is 17.2 Å². The van der Waals surface area contributed by atoms with Gasteiger partial charge in [-0.05, 0) is 48.0 Å². The minimum atomic E-state index is 0.229. The lowest BCUT2D eigenvalue weighted by atomic mass is 10.1. The maximum atomic E-state index is 9.39. The summed E-state index contributed by atoms with van der Waals surface area (Å²) in [6.07, 6.45) is 0. The quantitative estimate of drug-likeness (QED) is 0.482. The number of anilines is 1. The van der Waals surface area contributed by atoms with Gasteiger partial charge in [-0.1, -0.05) is 41.4 Å². The van der Waals surface area contributed by atoms with E-state index in [-0.39, 0.29) is 5.75 Å². The second kappa shape index (κ2) is 8.89. The number of phenolic OH excluding ortho intramolecular Hbond substituents is 1. The number of ether oxygens (including phenoxy) is 2. The number of benzene rings is 3. The summed E-state index contributed by atoms with van der Waals surface area (Å²) >= 11 is 12.0. The van der Waals surface area contributed by atoms with Crippen molar-refractivity contribution in [3.63, 3.8) is 0 Å². The van der Waals surface area contributed by atoms with Gasteiger partial charge in [-0.25, -0.2) is 0 Å². The molecule has 27 heavy (non-hydrogen) atoms. The Hall–Kier alpha value is -2.56. The Balaban J connectivity index is 1.76. The molecular weight excluding hydrogens is 385 g/mol. The number of halogens is 2. The highest BCUT2D eigenvalue weighted by molar-refractivity contribution is 6.42. The SMILES string of the molecule is COc1cccc(CNc2ccc(O)cc2)c1OCc1ccc(Cl)c(Cl)c1. The fourth-order valence-corrected chi connectivity index (χ4v) is 2.91. The van der Waals surface area contributed by atoms with Gasteiger partial charge in [0.2, 0.25) is 0 Å². The molecule has 6 heteroatoms. The Morgan fingerprint density at radius 3 is 2.44 bits per heavy atom. The summed E-state index contributed by atoms with van der Waals surface area (Å²) in [6.45, 7) is 0.877. The molecule has 3 rings (SSSR count). The van der Waals surface area contributed by atoms with Crippen molar-refractivity contribution in [2.75, 3.05) is 12.4 Å². The monoisotopic (exact) mass is 403 g/mol. The second-order valence-corrected chi connectivity index (χ2v) is 6.70. The molecule has 0 unspecified atom stereocenters. The average Bonchev–Trinajstić information content (AvgIpc) is 2.68. The van der Waals surface area contributed by atoms with Crippen molar-refractivity contribution in [1.29, 1.82) is 0 Å². The van der Waals surface area contributed by atoms with Crippen LogP contribution in [0.3, 0.4) is 0 Å². The molecule has 140 valence electrons. The molecular formula is C21H19Cl2NO3. The van der Waals surface area contributed by atoms with Gasteiger partial charge in [0.25, 0.3) is 0 Å². The van der Waals surface area contributed by atoms with Crippen LogP contribution in [0.25, 0.3) is 0 Å². The van der Waals surface area contributed by atoms with E-state index in [1.807, 2.05) is 36.4 Å². The molecule has 0 fully saturated rings. The fourth-order valence-electron chi connectivity index (χ4n) is 2.59. The van der Waals surface area contributed by atoms with Gasteiger partial charge in [-0.3, -0.25) is 0 Å². The molecule has 0 spiro atoms. The van der Waals surface area contributed by atoms with Gasteiger partial charge in [-0.15, -0.1) is 0 Å². The molecule has 0 aliphatic carbocycles. The molecule has 0 atom stereocenters. The molecule has 0 aliphatic rings. The number of para-hydroxylation sites is 1. The van der Waals surface area contributed by atoms with Crippen LogP contribution in [0.15, 0.2) is 60.7 Å². The zero-order valence-corrected chi connectivity index (χ0v) is 16.2. The van der Waals surface area contributed by atoms with E-state index in [9.17, 15) is 5.11 Å². The molecule has 3 aromatic rings. The minimum Gasteiger partial charge on any atom is -0.508 e. The van der Waals surface area contributed by atoms with Crippen LogP contribution < -0.4 is 14.8 Å². The summed E-state index contributed by atoms with van der Waals surface area (Å²) in [5.41, 5.74) is 2.75. The second-order valence-electron chi connectivity index (χ2n) is 5.89. The Morgan fingerprint density at radius 2 is 1.74 bits per heavy atom. The van der Waals surface area contributed by atoms with E-state index in [1.165, 1.54) is 0 Å². The van der Waals surface area contributed by atoms with Crippen LogP contribution in [0.2, 0.25) is 10.0 Å². The topological polar surface area (TPSA) is 50.7 Å². The highest BCUT2D eigenvalue weighted by atomic mass is 35.5. The molecule has 4 nitrogen and oxygen atoms in total. The molecule has 0 heterocycles. The van der Waals surface area contributed by atoms with Crippen LogP contribution in [-0.2, 0) is 13.2 Å². The Morgan fingerprint density at radius 1 is 0.963 bits per heavy atom. The third-order valence-corrected chi connectivity index (χ3v) is 4.74. The molecule has 3 aromatic carbocycles. The maximum absolute atomic E-state index is 9.39. The van der Waals surface area contributed by atoms with Crippen molar-refractivity contribution >= 4 is 28.9 Å². The normalized spacial score (nSPS) is 10.5. The number of hydrogen-bond acceptors (Lipinski definition) is 4. The van der Waals surface area contributed by atoms with Gasteiger partial charge in [0.05, 0.1) is 17.2 Å². The van der Waals surface area contributed by atoms with E-state index in [0.29, 0.717) is 34.7 Å². The van der Waals surface area contributed by atoms with Gasteiger partial charge in [0, 0.05) is 17.8 Å². The Kier molecular flexibility index (Phi) is 6.32. The van der Waals surface area contributed by atoms with E-state index < -0.39 is 0 Å². The molecule has 0 amide bonds. The third-order valence-electron chi connectivity index (χ3n) is 4.00. The van der Waals surface area contributed by atoms with Crippen molar-refractivity contribution in [3.05, 3.63) is 81.8 Å². The smallest absolute Gasteiger partial charge is 0.166 e. The fraction of sp³-hybridized carbons (Fsp3) is 0.143. The first-order valence-corrected chi connectivity index (χ1v) is 9.08. The Labute approximate surface area is 168 Å². The molecule has 0 saturated heterocycles. The number of phenols is 1. The first-order chi connectivity index (χ1) is 13.1. The predicted molar refractivity (Wildman–Crippen MR) is 109 cm³/mol. The van der Waals surface area contributed by atoms with Crippen molar-refractivity contribution in [1.82, 2.24) is 0 Å². The largest absolute Gasteiger partial charge is 0.508 e. The first-order valence-electron chi connectivity index (χ1n) is 8.32. The summed E-state index contributed by atoms with van der Waals surface area (Å²) < 4.78 is 11.5. The van der Waals surface area contributed by atoms with Gasteiger partial charge in [-0.2, -0.15) is 0 Å². The zero-order valence-electron chi connectivity index (χ0n) is 14.7. The highest BCUT2D eigenvalue weighted by Crippen LogP contribution is 2.33. The lowest BCUT2D eigenvalue weighted by Crippen LogP contribution is -2.05. The van der Waals surface area contributed by atoms with E-state index >= 15 is 0 Å². The van der Waals surface area contributed by atoms with Crippen molar-refractivity contribution in [2.24, 2.45) is 0 Å². The van der Waals surface area contributed by atoms with Gasteiger partial charge >= 0.3 is 0 Å². The third kappa shape index (κ3) is 5.00.